The molecule has 1 atom stereocenters. The highest BCUT2D eigenvalue weighted by Gasteiger charge is 2.71. The molecule has 3 N–H and O–H groups in total. The van der Waals surface area contributed by atoms with Crippen LogP contribution in [0.5, 0.6) is 0 Å². The Hall–Kier alpha value is -1.96. The van der Waals surface area contributed by atoms with Gasteiger partial charge in [0.05, 0.1) is 24.4 Å². The maximum Gasteiger partial charge on any atom is 0.139 e. The van der Waals surface area contributed by atoms with Crippen molar-refractivity contribution >= 4 is 5.82 Å². The molecule has 6 rings (SSSR count). The van der Waals surface area contributed by atoms with Gasteiger partial charge in [-0.3, -0.25) is 4.90 Å². The van der Waals surface area contributed by atoms with E-state index in [4.69, 9.17) is 15.5 Å². The number of morpholine rings is 1. The smallest absolute Gasteiger partial charge is 0.139 e. The number of nitrogen functional groups attached to an aromatic ring is 1. The summed E-state index contributed by atoms with van der Waals surface area (Å²) >= 11 is 0. The van der Waals surface area contributed by atoms with Crippen LogP contribution in [0.4, 0.5) is 5.82 Å². The lowest BCUT2D eigenvalue weighted by Gasteiger charge is -2.74. The Morgan fingerprint density at radius 3 is 2.48 bits per heavy atom. The minimum absolute atomic E-state index is 0.0883. The second-order valence-corrected chi connectivity index (χ2v) is 9.55. The van der Waals surface area contributed by atoms with Gasteiger partial charge in [-0.1, -0.05) is 13.8 Å². The largest absolute Gasteiger partial charge is 0.385 e. The van der Waals surface area contributed by atoms with Gasteiger partial charge in [-0.15, -0.1) is 0 Å². The highest BCUT2D eigenvalue weighted by Crippen LogP contribution is 2.68. The number of imidazole rings is 1. The van der Waals surface area contributed by atoms with Crippen LogP contribution in [0.3, 0.4) is 0 Å². The van der Waals surface area contributed by atoms with Crippen LogP contribution in [-0.4, -0.2) is 56.4 Å². The summed E-state index contributed by atoms with van der Waals surface area (Å²) in [4.78, 5) is 11.8. The topological polar surface area (TPSA) is 89.4 Å². The first kappa shape index (κ1) is 19.0. The first-order chi connectivity index (χ1) is 13.8. The number of aliphatic hydroxyl groups is 1. The van der Waals surface area contributed by atoms with Gasteiger partial charge in [-0.05, 0) is 43.7 Å². The number of aromatic nitrogens is 3. The van der Waals surface area contributed by atoms with Gasteiger partial charge >= 0.3 is 0 Å². The van der Waals surface area contributed by atoms with Gasteiger partial charge in [0.1, 0.15) is 17.7 Å². The third kappa shape index (κ3) is 2.82. The lowest BCUT2D eigenvalue weighted by molar-refractivity contribution is -0.222. The minimum Gasteiger partial charge on any atom is -0.385 e. The second-order valence-electron chi connectivity index (χ2n) is 9.55. The van der Waals surface area contributed by atoms with E-state index in [1.807, 2.05) is 26.8 Å². The van der Waals surface area contributed by atoms with E-state index in [1.165, 1.54) is 0 Å². The quantitative estimate of drug-likeness (QED) is 0.806. The van der Waals surface area contributed by atoms with E-state index >= 15 is 0 Å². The number of hydrogen-bond donors (Lipinski definition) is 2. The summed E-state index contributed by atoms with van der Waals surface area (Å²) in [5.41, 5.74) is 9.06. The third-order valence-corrected chi connectivity index (χ3v) is 7.21. The molecule has 156 valence electrons. The number of anilines is 1. The average Bonchev–Trinajstić information content (AvgIpc) is 3.07. The highest BCUT2D eigenvalue weighted by atomic mass is 16.5. The molecule has 29 heavy (non-hydrogen) atoms. The summed E-state index contributed by atoms with van der Waals surface area (Å²) in [6.45, 7) is 9.77. The summed E-state index contributed by atoms with van der Waals surface area (Å²) in [5, 5.41) is 10.9. The first-order valence-electron chi connectivity index (χ1n) is 10.7. The van der Waals surface area contributed by atoms with Crippen molar-refractivity contribution in [2.24, 2.45) is 5.92 Å². The third-order valence-electron chi connectivity index (χ3n) is 7.21. The van der Waals surface area contributed by atoms with Crippen molar-refractivity contribution in [3.8, 4) is 11.3 Å². The van der Waals surface area contributed by atoms with Crippen LogP contribution in [0.15, 0.2) is 18.5 Å². The lowest BCUT2D eigenvalue weighted by atomic mass is 9.43. The maximum atomic E-state index is 10.9. The predicted molar refractivity (Wildman–Crippen MR) is 111 cm³/mol. The molecule has 0 spiro atoms. The molecule has 3 saturated carbocycles. The summed E-state index contributed by atoms with van der Waals surface area (Å²) in [6.07, 6.45) is 6.71. The summed E-state index contributed by atoms with van der Waals surface area (Å²) in [7, 11) is 0. The number of nitrogens with zero attached hydrogens (tertiary/aromatic N) is 4. The van der Waals surface area contributed by atoms with Crippen LogP contribution >= 0.6 is 0 Å². The van der Waals surface area contributed by atoms with Crippen molar-refractivity contribution < 1.29 is 9.84 Å². The molecule has 7 nitrogen and oxygen atoms in total. The molecule has 7 heteroatoms. The molecule has 0 aromatic carbocycles. The fourth-order valence-corrected chi connectivity index (χ4v) is 5.46. The average molecular weight is 398 g/mol. The molecular weight excluding hydrogens is 366 g/mol. The Bertz CT molecular complexity index is 912. The van der Waals surface area contributed by atoms with E-state index in [1.54, 1.807) is 6.20 Å². The van der Waals surface area contributed by atoms with E-state index in [0.29, 0.717) is 11.4 Å². The van der Waals surface area contributed by atoms with Crippen LogP contribution in [0.25, 0.3) is 11.3 Å². The number of ether oxygens (including phenoxy) is 1. The van der Waals surface area contributed by atoms with Crippen molar-refractivity contribution in [2.75, 3.05) is 32.0 Å². The van der Waals surface area contributed by atoms with Crippen molar-refractivity contribution in [3.63, 3.8) is 0 Å². The van der Waals surface area contributed by atoms with Crippen LogP contribution in [0.2, 0.25) is 0 Å². The fourth-order valence-electron chi connectivity index (χ4n) is 5.46. The molecule has 4 aliphatic rings. The van der Waals surface area contributed by atoms with Gasteiger partial charge in [0.25, 0.3) is 0 Å². The molecule has 1 aliphatic heterocycles. The zero-order valence-electron chi connectivity index (χ0n) is 17.6. The standard InChI is InChI=1S/C22H31N5O2/c1-14(2)18(28)20-25-17(16-8-15(3)19(23)24-9-16)10-27(20)22-11-21(12-22,13-22)26-4-6-29-7-5-26/h8-10,14,18,28H,4-7,11-13H2,1-3H3,(H2,23,24). The van der Waals surface area contributed by atoms with Crippen LogP contribution < -0.4 is 5.73 Å². The zero-order valence-corrected chi connectivity index (χ0v) is 17.6. The van der Waals surface area contributed by atoms with Crippen LogP contribution in [-0.2, 0) is 10.3 Å². The molecule has 2 bridgehead atoms. The number of aryl methyl sites for hydroxylation is 1. The van der Waals surface area contributed by atoms with E-state index in [9.17, 15) is 5.11 Å². The Balaban J connectivity index is 1.47. The van der Waals surface area contributed by atoms with Crippen molar-refractivity contribution in [3.05, 3.63) is 29.8 Å². The molecule has 2 aromatic rings. The van der Waals surface area contributed by atoms with Gasteiger partial charge in [-0.25, -0.2) is 9.97 Å². The first-order valence-corrected chi connectivity index (χ1v) is 10.7. The van der Waals surface area contributed by atoms with Gasteiger partial charge in [-0.2, -0.15) is 0 Å². The van der Waals surface area contributed by atoms with Gasteiger partial charge < -0.3 is 20.1 Å². The number of rotatable bonds is 5. The van der Waals surface area contributed by atoms with Gasteiger partial charge in [0, 0.05) is 36.6 Å². The monoisotopic (exact) mass is 397 g/mol. The number of pyridine rings is 1. The molecule has 1 saturated heterocycles. The molecule has 0 radical (unpaired) electrons. The van der Waals surface area contributed by atoms with Crippen molar-refractivity contribution in [2.45, 2.75) is 57.2 Å². The van der Waals surface area contributed by atoms with Crippen molar-refractivity contribution in [1.82, 2.24) is 19.4 Å². The van der Waals surface area contributed by atoms with E-state index in [-0.39, 0.29) is 11.5 Å². The van der Waals surface area contributed by atoms with Gasteiger partial charge in [0.15, 0.2) is 0 Å². The summed E-state index contributed by atoms with van der Waals surface area (Å²) < 4.78 is 7.81. The molecular formula is C22H31N5O2. The summed E-state index contributed by atoms with van der Waals surface area (Å²) in [6, 6.07) is 2.03. The van der Waals surface area contributed by atoms with Crippen molar-refractivity contribution in [1.29, 1.82) is 0 Å². The maximum absolute atomic E-state index is 10.9. The van der Waals surface area contributed by atoms with Gasteiger partial charge in [0.2, 0.25) is 0 Å². The second kappa shape index (κ2) is 6.52. The Morgan fingerprint density at radius 1 is 1.17 bits per heavy atom. The minimum atomic E-state index is -0.583. The SMILES string of the molecule is Cc1cc(-c2cn(C34CC(N5CCOCC5)(C3)C4)c(C(O)C(C)C)n2)cnc1N. The Morgan fingerprint density at radius 2 is 1.86 bits per heavy atom. The number of hydrogen-bond acceptors (Lipinski definition) is 6. The van der Waals surface area contributed by atoms with E-state index in [2.05, 4.69) is 20.6 Å². The predicted octanol–water partition coefficient (Wildman–Crippen LogP) is 2.49. The normalized spacial score (nSPS) is 30.1. The molecule has 0 amide bonds. The van der Waals surface area contributed by atoms with Crippen LogP contribution in [0, 0.1) is 12.8 Å². The Kier molecular flexibility index (Phi) is 4.28. The lowest BCUT2D eigenvalue weighted by Crippen LogP contribution is -2.79. The molecule has 3 aliphatic carbocycles. The zero-order chi connectivity index (χ0) is 20.4. The van der Waals surface area contributed by atoms with E-state index < -0.39 is 6.10 Å². The molecule has 4 fully saturated rings. The van der Waals surface area contributed by atoms with Crippen LogP contribution in [0.1, 0.15) is 50.6 Å². The molecule has 3 heterocycles. The summed E-state index contributed by atoms with van der Waals surface area (Å²) in [5.74, 6) is 1.43. The molecule has 2 aromatic heterocycles. The molecule has 1 unspecified atom stereocenters. The highest BCUT2D eigenvalue weighted by molar-refractivity contribution is 5.61. The van der Waals surface area contributed by atoms with E-state index in [0.717, 1.165) is 68.2 Å². The number of nitrogens with two attached hydrogens (primary N) is 1. The fraction of sp³-hybridized carbons (Fsp3) is 0.636. The Labute approximate surface area is 171 Å². The number of aliphatic hydroxyl groups excluding tert-OH is 1.